The Kier molecular flexibility index (Phi) is 30.9. The summed E-state index contributed by atoms with van der Waals surface area (Å²) in [5.41, 5.74) is 6.16. The van der Waals surface area contributed by atoms with E-state index in [0.717, 1.165) is 21.0 Å². The van der Waals surface area contributed by atoms with Gasteiger partial charge in [-0.05, 0) is 41.9 Å². The van der Waals surface area contributed by atoms with E-state index >= 15 is 0 Å². The third-order valence-corrected chi connectivity index (χ3v) is 21.4. The van der Waals surface area contributed by atoms with Crippen molar-refractivity contribution in [1.82, 2.24) is 0 Å². The van der Waals surface area contributed by atoms with E-state index in [9.17, 15) is 43.2 Å². The molecule has 7 fully saturated rings. The van der Waals surface area contributed by atoms with Gasteiger partial charge in [-0.15, -0.1) is 0 Å². The highest BCUT2D eigenvalue weighted by atomic mass is 16.8. The van der Waals surface area contributed by atoms with Gasteiger partial charge in [0.1, 0.15) is 36.2 Å². The molecule has 32 atom stereocenters. The summed E-state index contributed by atoms with van der Waals surface area (Å²) in [4.78, 5) is 117. The maximum Gasteiger partial charge on any atom is 0.341 e. The van der Waals surface area contributed by atoms with Crippen LogP contribution < -0.4 is 10.5 Å². The fourth-order valence-electron chi connectivity index (χ4n) is 14.6. The van der Waals surface area contributed by atoms with Gasteiger partial charge in [0.15, 0.2) is 80.5 Å². The van der Waals surface area contributed by atoms with Crippen LogP contribution in [0.25, 0.3) is 0 Å². The lowest BCUT2D eigenvalue weighted by Crippen LogP contribution is -2.65. The Morgan fingerprint density at radius 3 is 0.991 bits per heavy atom. The monoisotopic (exact) mass is 1530 g/mol. The Hall–Kier alpha value is -6.47. The molecule has 8 rings (SSSR count). The summed E-state index contributed by atoms with van der Waals surface area (Å²) >= 11 is 0. The maximum absolute atomic E-state index is 13.7. The molecule has 33 heteroatoms. The second kappa shape index (κ2) is 38.4. The van der Waals surface area contributed by atoms with Crippen LogP contribution in [0, 0.1) is 65.1 Å². The van der Waals surface area contributed by atoms with Crippen LogP contribution in [0.2, 0.25) is 0 Å². The number of methoxy groups -OCH3 is 1. The van der Waals surface area contributed by atoms with E-state index in [1.165, 1.54) is 59.7 Å². The van der Waals surface area contributed by atoms with Crippen LogP contribution in [0.3, 0.4) is 0 Å². The molecule has 0 aliphatic carbocycles. The number of carbonyl (C=O) groups is 9. The van der Waals surface area contributed by atoms with E-state index in [-0.39, 0.29) is 78.2 Å². The third kappa shape index (κ3) is 22.0. The fraction of sp³-hybridized carbons (Fsp3) is 0.797. The zero-order chi connectivity index (χ0) is 78.7. The minimum absolute atomic E-state index is 0.0319. The number of esters is 9. The standard InChI is InChI=1S/C74H111NO32/c1-31-24-87-68(60(34(31)4)93-43(13)77)90-27-53-37(7)38(8)63(96-46(16)80)72(101-53)105-58-40(10)65(98-48(18)82)74(103-55(58)29-91-69-61(94-44(14)78)35(5)32(2)25-88-69)107-59-41(11)66(99-49(19)83)73(104-56(59)30-92-70-62(95-45(15)79)36(6)33(3)26-89-70)106-57-39(9)64(97-47(17)81)71(102-54(57)28-86-42(12)76)100-52-22-21-50(75)23-51(52)67(84)85-20/h21-23,31-41,53-66,68-74H,24-30,75H2,1-20H3/t31-,32-,33-,34+,35?,36+,37+,38+,39?,40?,41+,53?,54+,55+,56?,57+,58+,59+,60?,61?,62?,63?,64?,65?,66?,68-,69-,70-,71-,72+,73+,74+/m1/s1. The highest BCUT2D eigenvalue weighted by Gasteiger charge is 2.58. The van der Waals surface area contributed by atoms with Gasteiger partial charge in [0.05, 0.1) is 71.2 Å². The number of hydrogen-bond donors (Lipinski definition) is 1. The normalized spacial score (nSPS) is 39.4. The topological polar surface area (TPSA) is 392 Å². The minimum Gasteiger partial charge on any atom is -0.465 e. The molecule has 0 saturated carbocycles. The first-order valence-electron chi connectivity index (χ1n) is 36.7. The van der Waals surface area contributed by atoms with Gasteiger partial charge in [0, 0.05) is 103 Å². The van der Waals surface area contributed by atoms with Gasteiger partial charge in [-0.2, -0.15) is 0 Å². The molecule has 7 saturated heterocycles. The molecule has 107 heavy (non-hydrogen) atoms. The Morgan fingerprint density at radius 2 is 0.654 bits per heavy atom. The van der Waals surface area contributed by atoms with Crippen molar-refractivity contribution in [2.75, 3.05) is 59.1 Å². The molecule has 7 aliphatic rings. The van der Waals surface area contributed by atoms with E-state index in [1.54, 1.807) is 20.8 Å². The lowest BCUT2D eigenvalue weighted by Gasteiger charge is -2.52. The van der Waals surface area contributed by atoms with E-state index in [2.05, 4.69) is 0 Å². The number of hydrogen-bond acceptors (Lipinski definition) is 33. The highest BCUT2D eigenvalue weighted by molar-refractivity contribution is 5.93. The zero-order valence-electron chi connectivity index (χ0n) is 64.8. The molecule has 7 aliphatic heterocycles. The average Bonchev–Trinajstić information content (AvgIpc) is 0.764. The number of ether oxygens (including phenoxy) is 23. The van der Waals surface area contributed by atoms with Gasteiger partial charge in [0.2, 0.25) is 6.29 Å². The van der Waals surface area contributed by atoms with Crippen LogP contribution in [0.4, 0.5) is 5.69 Å². The van der Waals surface area contributed by atoms with Crippen molar-refractivity contribution >= 4 is 59.4 Å². The molecule has 0 spiro atoms. The average molecular weight is 1530 g/mol. The smallest absolute Gasteiger partial charge is 0.341 e. The molecular weight excluding hydrogens is 1410 g/mol. The Labute approximate surface area is 624 Å². The van der Waals surface area contributed by atoms with E-state index in [4.69, 9.17) is 115 Å². The van der Waals surface area contributed by atoms with Crippen molar-refractivity contribution in [3.8, 4) is 5.75 Å². The van der Waals surface area contributed by atoms with Crippen LogP contribution in [0.1, 0.15) is 142 Å². The lowest BCUT2D eigenvalue weighted by atomic mass is 9.83. The van der Waals surface area contributed by atoms with Crippen molar-refractivity contribution in [1.29, 1.82) is 0 Å². The summed E-state index contributed by atoms with van der Waals surface area (Å²) in [7, 11) is 1.16. The number of rotatable bonds is 27. The summed E-state index contributed by atoms with van der Waals surface area (Å²) < 4.78 is 146. The first-order valence-corrected chi connectivity index (χ1v) is 36.7. The molecule has 7 heterocycles. The number of nitrogen functional groups attached to an aromatic ring is 1. The molecule has 0 radical (unpaired) electrons. The molecule has 1 aromatic rings. The SMILES string of the molecule is COC(=O)c1cc(N)ccc1O[C@@H]1O[C@@H](COC(C)=O)[C@@H](O[C@@H]2OC(CO[C@H]3OC[C@@H](C)[C@H](C)C3OC(C)=O)[C@@H](O[C@@H]3O[C@@H](CO[C@H]4OC[C@@H](C)C(C)C4OC(C)=O)[C@@H](O[C@@H]4OC(CO[C@H]5OC[C@@H](C)[C@H](C)C5OC(C)=O)[C@@H](C)[C@H](C)C4OC(C)=O)C(C)C3OC(C)=O)[C@H](C)C2OC(C)=O)C(C)C1OC(C)=O. The molecule has 33 nitrogen and oxygen atoms in total. The van der Waals surface area contributed by atoms with Crippen LogP contribution in [0.5, 0.6) is 5.75 Å². The van der Waals surface area contributed by atoms with Crippen molar-refractivity contribution < 1.29 is 152 Å². The van der Waals surface area contributed by atoms with E-state index in [0.29, 0.717) is 6.61 Å². The van der Waals surface area contributed by atoms with Gasteiger partial charge in [0.25, 0.3) is 0 Å². The lowest BCUT2D eigenvalue weighted by molar-refractivity contribution is -0.381. The predicted octanol–water partition coefficient (Wildman–Crippen LogP) is 5.69. The largest absolute Gasteiger partial charge is 0.465 e. The number of benzene rings is 1. The second-order valence-electron chi connectivity index (χ2n) is 29.6. The molecule has 0 aromatic heterocycles. The molecule has 1 aromatic carbocycles. The summed E-state index contributed by atoms with van der Waals surface area (Å²) in [5, 5.41) is 0. The van der Waals surface area contributed by atoms with Gasteiger partial charge in [-0.1, -0.05) is 76.2 Å². The molecular formula is C74H111NO32. The Morgan fingerprint density at radius 1 is 0.355 bits per heavy atom. The number of carbonyl (C=O) groups excluding carboxylic acids is 9. The second-order valence-corrected chi connectivity index (χ2v) is 29.6. The van der Waals surface area contributed by atoms with Crippen LogP contribution in [0.15, 0.2) is 18.2 Å². The molecule has 0 bridgehead atoms. The first-order chi connectivity index (χ1) is 50.5. The molecule has 0 amide bonds. The molecule has 604 valence electrons. The van der Waals surface area contributed by atoms with Crippen molar-refractivity contribution in [2.24, 2.45) is 65.1 Å². The van der Waals surface area contributed by atoms with Crippen LogP contribution >= 0.6 is 0 Å². The van der Waals surface area contributed by atoms with Crippen LogP contribution in [-0.2, 0) is 143 Å². The Balaban J connectivity index is 1.19. The van der Waals surface area contributed by atoms with Crippen LogP contribution in [-0.4, -0.2) is 237 Å². The highest BCUT2D eigenvalue weighted by Crippen LogP contribution is 2.44. The van der Waals surface area contributed by atoms with E-state index in [1.807, 2.05) is 55.4 Å². The Bertz CT molecular complexity index is 3190. The number of anilines is 1. The minimum atomic E-state index is -1.65. The van der Waals surface area contributed by atoms with Crippen molar-refractivity contribution in [3.63, 3.8) is 0 Å². The third-order valence-electron chi connectivity index (χ3n) is 21.4. The zero-order valence-corrected chi connectivity index (χ0v) is 64.8. The number of nitrogens with two attached hydrogens (primary N) is 1. The quantitative estimate of drug-likeness (QED) is 0.0627. The predicted molar refractivity (Wildman–Crippen MR) is 365 cm³/mol. The van der Waals surface area contributed by atoms with Gasteiger partial charge in [-0.25, -0.2) is 4.79 Å². The van der Waals surface area contributed by atoms with Crippen molar-refractivity contribution in [3.05, 3.63) is 23.8 Å². The maximum atomic E-state index is 13.7. The van der Waals surface area contributed by atoms with Gasteiger partial charge in [-0.3, -0.25) is 38.4 Å². The van der Waals surface area contributed by atoms with Gasteiger partial charge < -0.3 is 115 Å². The molecule has 12 unspecified atom stereocenters. The van der Waals surface area contributed by atoms with E-state index < -0.39 is 227 Å². The summed E-state index contributed by atoms with van der Waals surface area (Å²) in [6, 6.07) is 4.17. The fourth-order valence-corrected chi connectivity index (χ4v) is 14.6. The summed E-state index contributed by atoms with van der Waals surface area (Å²) in [6.45, 7) is 29.3. The summed E-state index contributed by atoms with van der Waals surface area (Å²) in [5.74, 6) is -11.2. The molecule has 2 N–H and O–H groups in total. The first kappa shape index (κ1) is 86.1. The summed E-state index contributed by atoms with van der Waals surface area (Å²) in [6.07, 6.45) is -26.2. The van der Waals surface area contributed by atoms with Crippen molar-refractivity contribution in [2.45, 2.75) is 261 Å². The van der Waals surface area contributed by atoms with Gasteiger partial charge >= 0.3 is 53.7 Å².